The van der Waals surface area contributed by atoms with Crippen LogP contribution in [0.25, 0.3) is 22.0 Å². The molecule has 1 aliphatic rings. The maximum absolute atomic E-state index is 12.4. The van der Waals surface area contributed by atoms with Crippen molar-refractivity contribution in [3.63, 3.8) is 0 Å². The van der Waals surface area contributed by atoms with Crippen molar-refractivity contribution in [1.29, 1.82) is 0 Å². The Hall–Kier alpha value is -3.56. The average Bonchev–Trinajstić information content (AvgIpc) is 3.31. The molecule has 0 bridgehead atoms. The molecule has 38 heavy (non-hydrogen) atoms. The molecule has 200 valence electrons. The number of benzene rings is 2. The minimum atomic E-state index is -0.281. The first-order chi connectivity index (χ1) is 18.3. The second-order valence-electron chi connectivity index (χ2n) is 8.87. The van der Waals surface area contributed by atoms with Gasteiger partial charge in [-0.05, 0) is 30.7 Å². The third-order valence-corrected chi connectivity index (χ3v) is 7.26. The normalized spacial score (nSPS) is 16.8. The van der Waals surface area contributed by atoms with Crippen LogP contribution in [0.2, 0.25) is 10.0 Å². The Kier molecular flexibility index (Phi) is 8.58. The fourth-order valence-electron chi connectivity index (χ4n) is 4.61. The lowest BCUT2D eigenvalue weighted by Gasteiger charge is -2.18. The van der Waals surface area contributed by atoms with E-state index in [1.165, 1.54) is 20.3 Å². The molecule has 2 aromatic carbocycles. The second-order valence-corrected chi connectivity index (χ2v) is 9.62. The lowest BCUT2D eigenvalue weighted by Crippen LogP contribution is -2.42. The molecule has 0 saturated carbocycles. The van der Waals surface area contributed by atoms with E-state index in [1.54, 1.807) is 17.2 Å². The molecule has 1 aromatic heterocycles. The van der Waals surface area contributed by atoms with Gasteiger partial charge in [-0.15, -0.1) is 0 Å². The molecule has 1 fully saturated rings. The maximum Gasteiger partial charge on any atom is 0.317 e. The number of rotatable bonds is 8. The number of likely N-dealkylation sites (tertiary alicyclic amines) is 1. The molecule has 2 atom stereocenters. The second kappa shape index (κ2) is 11.9. The number of urea groups is 1. The quantitative estimate of drug-likeness (QED) is 0.395. The Morgan fingerprint density at radius 2 is 1.87 bits per heavy atom. The van der Waals surface area contributed by atoms with E-state index in [0.29, 0.717) is 59.0 Å². The predicted octanol–water partition coefficient (Wildman–Crippen LogP) is 4.50. The van der Waals surface area contributed by atoms with Gasteiger partial charge in [0.1, 0.15) is 17.3 Å². The largest absolute Gasteiger partial charge is 0.495 e. The van der Waals surface area contributed by atoms with Gasteiger partial charge in [-0.25, -0.2) is 14.8 Å². The first-order valence-electron chi connectivity index (χ1n) is 12.1. The van der Waals surface area contributed by atoms with Crippen molar-refractivity contribution in [1.82, 2.24) is 25.5 Å². The Balaban J connectivity index is 1.62. The summed E-state index contributed by atoms with van der Waals surface area (Å²) in [6.45, 7) is 6.80. The van der Waals surface area contributed by atoms with Crippen LogP contribution in [0.3, 0.4) is 0 Å². The smallest absolute Gasteiger partial charge is 0.317 e. The summed E-state index contributed by atoms with van der Waals surface area (Å²) >= 11 is 13.2. The van der Waals surface area contributed by atoms with Gasteiger partial charge in [-0.1, -0.05) is 35.8 Å². The van der Waals surface area contributed by atoms with E-state index < -0.39 is 0 Å². The van der Waals surface area contributed by atoms with Crippen LogP contribution >= 0.6 is 23.2 Å². The number of halogens is 2. The summed E-state index contributed by atoms with van der Waals surface area (Å²) in [5.74, 6) is 1.18. The van der Waals surface area contributed by atoms with E-state index in [1.807, 2.05) is 25.1 Å². The van der Waals surface area contributed by atoms with E-state index in [0.717, 1.165) is 16.5 Å². The SMILES string of the molecule is C=CC(=O)N[C@H]1CN(C(=O)NCC)C[C@H]1Cc1ncc2cc(-c3c(Cl)c(OC)cc(OC)c3Cl)ccc2n1. The Bertz CT molecular complexity index is 1360. The number of nitrogens with one attached hydrogen (secondary N) is 2. The standard InChI is InChI=1S/C27H29Cl2N5O4/c1-5-23(35)33-19-14-34(27(36)30-6-2)13-17(19)10-22-31-12-16-9-15(7-8-18(16)32-22)24-25(28)20(37-3)11-21(38-4)26(24)29/h5,7-9,11-12,17,19H,1,6,10,13-14H2,2-4H3,(H,30,36)(H,33,35)/t17-,19+/m1/s1. The minimum absolute atomic E-state index is 0.0555. The van der Waals surface area contributed by atoms with Gasteiger partial charge in [-0.3, -0.25) is 4.79 Å². The summed E-state index contributed by atoms with van der Waals surface area (Å²) in [5, 5.41) is 7.30. The minimum Gasteiger partial charge on any atom is -0.495 e. The van der Waals surface area contributed by atoms with Crippen LogP contribution in [0.1, 0.15) is 12.7 Å². The van der Waals surface area contributed by atoms with Gasteiger partial charge >= 0.3 is 6.03 Å². The third kappa shape index (κ3) is 5.63. The van der Waals surface area contributed by atoms with Gasteiger partial charge in [0.25, 0.3) is 0 Å². The lowest BCUT2D eigenvalue weighted by molar-refractivity contribution is -0.117. The van der Waals surface area contributed by atoms with Crippen LogP contribution in [-0.2, 0) is 11.2 Å². The Labute approximate surface area is 231 Å². The van der Waals surface area contributed by atoms with Gasteiger partial charge in [0, 0.05) is 55.2 Å². The summed E-state index contributed by atoms with van der Waals surface area (Å²) in [6, 6.07) is 6.91. The van der Waals surface area contributed by atoms with Crippen molar-refractivity contribution in [2.45, 2.75) is 19.4 Å². The number of carbonyl (C=O) groups excluding carboxylic acids is 2. The molecule has 1 aliphatic heterocycles. The van der Waals surface area contributed by atoms with E-state index in [2.05, 4.69) is 22.2 Å². The molecule has 2 heterocycles. The zero-order valence-electron chi connectivity index (χ0n) is 21.4. The molecule has 3 aromatic rings. The summed E-state index contributed by atoms with van der Waals surface area (Å²) in [7, 11) is 3.06. The molecule has 0 unspecified atom stereocenters. The number of hydrogen-bond acceptors (Lipinski definition) is 6. The number of nitrogens with zero attached hydrogens (tertiary/aromatic N) is 3. The van der Waals surface area contributed by atoms with Crippen molar-refractivity contribution in [2.75, 3.05) is 33.9 Å². The molecule has 0 spiro atoms. The summed E-state index contributed by atoms with van der Waals surface area (Å²) in [5.41, 5.74) is 2.10. The Morgan fingerprint density at radius 3 is 2.50 bits per heavy atom. The van der Waals surface area contributed by atoms with Crippen molar-refractivity contribution in [3.05, 3.63) is 59.0 Å². The topological polar surface area (TPSA) is 106 Å². The number of aromatic nitrogens is 2. The number of methoxy groups -OCH3 is 2. The highest BCUT2D eigenvalue weighted by atomic mass is 35.5. The molecule has 11 heteroatoms. The fraction of sp³-hybridized carbons (Fsp3) is 0.333. The number of ether oxygens (including phenoxy) is 2. The molecule has 0 aliphatic carbocycles. The molecule has 1 saturated heterocycles. The van der Waals surface area contributed by atoms with Crippen molar-refractivity contribution < 1.29 is 19.1 Å². The van der Waals surface area contributed by atoms with E-state index in [4.69, 9.17) is 37.7 Å². The maximum atomic E-state index is 12.4. The molecule has 9 nitrogen and oxygen atoms in total. The van der Waals surface area contributed by atoms with Gasteiger partial charge < -0.3 is 25.0 Å². The molecule has 3 amide bonds. The van der Waals surface area contributed by atoms with Crippen LogP contribution in [-0.4, -0.2) is 66.7 Å². The monoisotopic (exact) mass is 557 g/mol. The number of carbonyl (C=O) groups is 2. The molecule has 0 radical (unpaired) electrons. The van der Waals surface area contributed by atoms with Crippen molar-refractivity contribution >= 4 is 46.0 Å². The van der Waals surface area contributed by atoms with Gasteiger partial charge in [-0.2, -0.15) is 0 Å². The molecule has 4 rings (SSSR count). The zero-order valence-corrected chi connectivity index (χ0v) is 22.9. The van der Waals surface area contributed by atoms with Crippen LogP contribution in [0.5, 0.6) is 11.5 Å². The van der Waals surface area contributed by atoms with Crippen LogP contribution < -0.4 is 20.1 Å². The van der Waals surface area contributed by atoms with Gasteiger partial charge in [0.15, 0.2) is 0 Å². The Morgan fingerprint density at radius 1 is 1.16 bits per heavy atom. The fourth-order valence-corrected chi connectivity index (χ4v) is 5.33. The number of fused-ring (bicyclic) bond motifs is 1. The van der Waals surface area contributed by atoms with E-state index >= 15 is 0 Å². The zero-order chi connectivity index (χ0) is 27.4. The van der Waals surface area contributed by atoms with E-state index in [-0.39, 0.29) is 23.9 Å². The molecule has 2 N–H and O–H groups in total. The molecular formula is C27H29Cl2N5O4. The number of amides is 3. The van der Waals surface area contributed by atoms with Crippen molar-refractivity contribution in [2.24, 2.45) is 5.92 Å². The van der Waals surface area contributed by atoms with Gasteiger partial charge in [0.2, 0.25) is 5.91 Å². The summed E-state index contributed by atoms with van der Waals surface area (Å²) < 4.78 is 10.8. The summed E-state index contributed by atoms with van der Waals surface area (Å²) in [4.78, 5) is 35.4. The molecular weight excluding hydrogens is 529 g/mol. The van der Waals surface area contributed by atoms with Crippen LogP contribution in [0, 0.1) is 5.92 Å². The van der Waals surface area contributed by atoms with Crippen LogP contribution in [0.15, 0.2) is 43.1 Å². The summed E-state index contributed by atoms with van der Waals surface area (Å²) in [6.07, 6.45) is 3.46. The highest BCUT2D eigenvalue weighted by Gasteiger charge is 2.36. The van der Waals surface area contributed by atoms with Crippen LogP contribution in [0.4, 0.5) is 4.79 Å². The van der Waals surface area contributed by atoms with Gasteiger partial charge in [0.05, 0.1) is 35.8 Å². The van der Waals surface area contributed by atoms with Crippen molar-refractivity contribution in [3.8, 4) is 22.6 Å². The predicted molar refractivity (Wildman–Crippen MR) is 148 cm³/mol. The first-order valence-corrected chi connectivity index (χ1v) is 12.9. The third-order valence-electron chi connectivity index (χ3n) is 6.51. The average molecular weight is 558 g/mol. The lowest BCUT2D eigenvalue weighted by atomic mass is 9.99. The highest BCUT2D eigenvalue weighted by molar-refractivity contribution is 6.41. The first kappa shape index (κ1) is 27.5. The number of hydrogen-bond donors (Lipinski definition) is 2. The highest BCUT2D eigenvalue weighted by Crippen LogP contribution is 2.46. The van der Waals surface area contributed by atoms with E-state index in [9.17, 15) is 9.59 Å².